The van der Waals surface area contributed by atoms with E-state index < -0.39 is 0 Å². The highest BCUT2D eigenvalue weighted by Crippen LogP contribution is 2.59. The maximum absolute atomic E-state index is 13.4. The summed E-state index contributed by atoms with van der Waals surface area (Å²) in [5.74, 6) is 1.80. The lowest BCUT2D eigenvalue weighted by Gasteiger charge is -2.29. The van der Waals surface area contributed by atoms with Crippen LogP contribution in [0.2, 0.25) is 0 Å². The van der Waals surface area contributed by atoms with Crippen LogP contribution >= 0.6 is 0 Å². The van der Waals surface area contributed by atoms with Crippen molar-refractivity contribution in [3.8, 4) is 0 Å². The van der Waals surface area contributed by atoms with E-state index in [0.717, 1.165) is 123 Å². The van der Waals surface area contributed by atoms with Gasteiger partial charge in [0, 0.05) is 240 Å². The van der Waals surface area contributed by atoms with E-state index in [-0.39, 0.29) is 29.1 Å². The second kappa shape index (κ2) is 33.8. The summed E-state index contributed by atoms with van der Waals surface area (Å²) in [6.45, 7) is 21.7. The van der Waals surface area contributed by atoms with Crippen molar-refractivity contribution in [3.05, 3.63) is 353 Å². The Bertz CT molecular complexity index is 6030. The minimum Gasteiger partial charge on any atom is -0.341 e. The van der Waals surface area contributed by atoms with E-state index in [1.165, 1.54) is 186 Å². The Labute approximate surface area is 744 Å². The van der Waals surface area contributed by atoms with Gasteiger partial charge < -0.3 is 47.3 Å². The van der Waals surface area contributed by atoms with Crippen molar-refractivity contribution in [1.82, 2.24) is 47.3 Å². The van der Waals surface area contributed by atoms with Crippen LogP contribution in [-0.4, -0.2) is 115 Å². The third kappa shape index (κ3) is 16.1. The number of hydrogen-bond donors (Lipinski definition) is 0. The molecule has 0 amide bonds. The number of rotatable bonds is 10. The zero-order valence-corrected chi connectivity index (χ0v) is 75.4. The average Bonchev–Trinajstić information content (AvgIpc) is 1.58. The Morgan fingerprint density at radius 3 is 0.638 bits per heavy atom. The Balaban J connectivity index is 0.0000000967. The third-order valence-electron chi connectivity index (χ3n) is 30.3. The van der Waals surface area contributed by atoms with E-state index in [1.54, 1.807) is 60.7 Å². The molecular formula is C112H119F5N10. The van der Waals surface area contributed by atoms with Gasteiger partial charge in [0.25, 0.3) is 0 Å². The highest BCUT2D eigenvalue weighted by molar-refractivity contribution is 5.91. The van der Waals surface area contributed by atoms with Crippen molar-refractivity contribution in [2.75, 3.05) is 68.0 Å². The molecule has 0 saturated heterocycles. The van der Waals surface area contributed by atoms with Crippen molar-refractivity contribution in [1.29, 1.82) is 0 Å². The van der Waals surface area contributed by atoms with Gasteiger partial charge in [-0.3, -0.25) is 0 Å². The molecule has 0 radical (unpaired) electrons. The Morgan fingerprint density at radius 1 is 0.228 bits per heavy atom. The fraction of sp³-hybridized carbons (Fsp3) is 0.375. The van der Waals surface area contributed by atoms with Crippen LogP contribution in [0, 0.1) is 63.7 Å². The lowest BCUT2D eigenvalue weighted by atomic mass is 9.93. The topological polar surface area (TPSA) is 40.9 Å². The van der Waals surface area contributed by atoms with Gasteiger partial charge in [0.05, 0.1) is 0 Å². The van der Waals surface area contributed by atoms with Gasteiger partial charge in [-0.25, -0.2) is 22.0 Å². The maximum atomic E-state index is 13.4. The molecular weight excluding hydrogens is 1580 g/mol. The number of aryl methyl sites for hydroxylation is 5. The van der Waals surface area contributed by atoms with Gasteiger partial charge in [-0.2, -0.15) is 0 Å². The number of aromatic nitrogens is 5. The fourth-order valence-corrected chi connectivity index (χ4v) is 23.6. The molecule has 0 bridgehead atoms. The number of fused-ring (bicyclic) bond motifs is 15. The van der Waals surface area contributed by atoms with Crippen LogP contribution in [0.25, 0.3) is 54.5 Å². The monoisotopic (exact) mass is 1700 g/mol. The van der Waals surface area contributed by atoms with Crippen LogP contribution in [-0.2, 0) is 64.8 Å². The molecule has 5 fully saturated rings. The molecule has 15 heteroatoms. The van der Waals surface area contributed by atoms with Gasteiger partial charge in [0.2, 0.25) is 0 Å². The van der Waals surface area contributed by atoms with Crippen LogP contribution in [0.15, 0.2) is 212 Å². The molecule has 25 rings (SSSR count). The number of hydrogen-bond acceptors (Lipinski definition) is 5. The molecule has 10 aromatic carbocycles. The van der Waals surface area contributed by atoms with Crippen LogP contribution in [0.5, 0.6) is 0 Å². The average molecular weight is 1700 g/mol. The lowest BCUT2D eigenvalue weighted by molar-refractivity contribution is 0.305. The Morgan fingerprint density at radius 2 is 0.425 bits per heavy atom. The molecule has 5 aliphatic carbocycles. The standard InChI is InChI=1S/C24H27FN2.4C22H23FN2/c1-16-6-11-23-20(14-16)21-15-26(2)13-12-24(21)27(23)22-5-3-4-19(22)17-7-9-18(25)10-8-17;4*1-14-3-8-20-18(11-14)19-13-24(2)10-9-21(19)25(20)22-12-17(22)15-4-6-16(23)7-5-15/h6-11,14,19,22H,3-5,12-13,15H2,1-2H3;4*3-8,11,17,22H,9-10,12-13H2,1-2H3/t19-,22-;2*17-,22+;2*17-,22-/m11010/s1. The second-order valence-electron chi connectivity index (χ2n) is 39.5. The summed E-state index contributed by atoms with van der Waals surface area (Å²) < 4.78 is 79.5. The normalized spacial score (nSPS) is 23.0. The van der Waals surface area contributed by atoms with Gasteiger partial charge in [0.1, 0.15) is 29.1 Å². The molecule has 127 heavy (non-hydrogen) atoms. The first-order valence-electron chi connectivity index (χ1n) is 46.9. The summed E-state index contributed by atoms with van der Waals surface area (Å²) in [7, 11) is 11.1. The van der Waals surface area contributed by atoms with E-state index in [2.05, 4.69) is 208 Å². The minimum absolute atomic E-state index is 0.143. The Hall–Kier alpha value is -10.7. The molecule has 10 heterocycles. The lowest BCUT2D eigenvalue weighted by Crippen LogP contribution is -2.28. The van der Waals surface area contributed by atoms with Gasteiger partial charge in [0.15, 0.2) is 0 Å². The fourth-order valence-electron chi connectivity index (χ4n) is 23.6. The first kappa shape index (κ1) is 83.3. The smallest absolute Gasteiger partial charge is 0.123 e. The molecule has 10 nitrogen and oxygen atoms in total. The maximum Gasteiger partial charge on any atom is 0.123 e. The molecule has 10 aliphatic rings. The largest absolute Gasteiger partial charge is 0.341 e. The summed E-state index contributed by atoms with van der Waals surface area (Å²) in [5, 5.41) is 7.12. The quantitative estimate of drug-likeness (QED) is 0.128. The third-order valence-corrected chi connectivity index (χ3v) is 30.3. The number of likely N-dealkylation sites (N-methyl/N-ethyl adjacent to an activating group) is 5. The molecule has 0 unspecified atom stereocenters. The van der Waals surface area contributed by atoms with Crippen molar-refractivity contribution < 1.29 is 22.0 Å². The predicted octanol–water partition coefficient (Wildman–Crippen LogP) is 24.8. The van der Waals surface area contributed by atoms with Crippen LogP contribution in [0.3, 0.4) is 0 Å². The van der Waals surface area contributed by atoms with Crippen molar-refractivity contribution in [2.45, 2.75) is 204 Å². The van der Waals surface area contributed by atoms with Gasteiger partial charge in [-0.15, -0.1) is 0 Å². The van der Waals surface area contributed by atoms with Crippen molar-refractivity contribution in [2.24, 2.45) is 0 Å². The van der Waals surface area contributed by atoms with Crippen LogP contribution in [0.4, 0.5) is 22.0 Å². The molecule has 10 atom stereocenters. The molecule has 15 aromatic rings. The summed E-state index contributed by atoms with van der Waals surface area (Å²) >= 11 is 0. The first-order chi connectivity index (χ1) is 61.6. The summed E-state index contributed by atoms with van der Waals surface area (Å²) in [6.07, 6.45) is 13.9. The zero-order chi connectivity index (χ0) is 87.1. The van der Waals surface area contributed by atoms with E-state index in [4.69, 9.17) is 0 Å². The number of halogens is 5. The predicted molar refractivity (Wildman–Crippen MR) is 507 cm³/mol. The SMILES string of the molecule is Cc1ccc2c(c1)c1c(n2[C@@H]2CCC[C@@H]2c2ccc(F)cc2)CCN(C)C1.Cc1ccc2c(c1)c1c(n2[C@@H]2C[C@@H]2c2ccc(F)cc2)CCN(C)C1.Cc1ccc2c(c1)c1c(n2[C@@H]2C[C@H]2c2ccc(F)cc2)CCN(C)C1.Cc1ccc2c(c1)c1c(n2[C@H]2C[C@@H]2c2ccc(F)cc2)CCN(C)C1.Cc1ccc2c(c1)c1c(n2[C@H]2C[C@H]2c2ccc(F)cc2)CCN(C)C1. The first-order valence-corrected chi connectivity index (χ1v) is 46.9. The molecule has 652 valence electrons. The summed E-state index contributed by atoms with van der Waals surface area (Å²) in [4.78, 5) is 12.1. The Kier molecular flexibility index (Phi) is 22.1. The van der Waals surface area contributed by atoms with Crippen LogP contribution in [0.1, 0.15) is 217 Å². The van der Waals surface area contributed by atoms with E-state index in [0.29, 0.717) is 59.8 Å². The minimum atomic E-state index is -0.150. The number of nitrogens with zero attached hydrogens (tertiary/aromatic N) is 10. The highest BCUT2D eigenvalue weighted by atomic mass is 19.1. The second-order valence-corrected chi connectivity index (χ2v) is 39.5. The molecule has 5 aliphatic heterocycles. The highest BCUT2D eigenvalue weighted by Gasteiger charge is 2.47. The summed E-state index contributed by atoms with van der Waals surface area (Å²) in [6, 6.07) is 72.5. The zero-order valence-electron chi connectivity index (χ0n) is 75.4. The molecule has 0 spiro atoms. The van der Waals surface area contributed by atoms with E-state index in [1.807, 2.05) is 60.7 Å². The van der Waals surface area contributed by atoms with Crippen molar-refractivity contribution >= 4 is 54.5 Å². The number of benzene rings is 10. The van der Waals surface area contributed by atoms with Gasteiger partial charge in [-0.05, 0) is 285 Å². The van der Waals surface area contributed by atoms with Crippen molar-refractivity contribution in [3.63, 3.8) is 0 Å². The van der Waals surface area contributed by atoms with E-state index >= 15 is 0 Å². The molecule has 0 N–H and O–H groups in total. The van der Waals surface area contributed by atoms with Crippen LogP contribution < -0.4 is 0 Å². The molecule has 5 aromatic heterocycles. The molecule has 5 saturated carbocycles. The van der Waals surface area contributed by atoms with Gasteiger partial charge >= 0.3 is 0 Å². The van der Waals surface area contributed by atoms with E-state index in [9.17, 15) is 22.0 Å². The van der Waals surface area contributed by atoms with Gasteiger partial charge in [-0.1, -0.05) is 125 Å². The summed E-state index contributed by atoms with van der Waals surface area (Å²) in [5.41, 5.74) is 35.1.